The number of rotatable bonds is 5. The van der Waals surface area contributed by atoms with E-state index in [1.165, 1.54) is 0 Å². The highest BCUT2D eigenvalue weighted by Crippen LogP contribution is 2.25. The average molecular weight is 429 g/mol. The molecule has 3 aromatic rings. The van der Waals surface area contributed by atoms with Crippen LogP contribution in [0.5, 0.6) is 0 Å². The third-order valence-corrected chi connectivity index (χ3v) is 5.61. The van der Waals surface area contributed by atoms with Crippen LogP contribution in [0.1, 0.15) is 19.4 Å². The maximum absolute atomic E-state index is 12.8. The van der Waals surface area contributed by atoms with Gasteiger partial charge in [0.05, 0.1) is 11.4 Å². The second-order valence-electron chi connectivity index (χ2n) is 8.22. The second-order valence-corrected chi connectivity index (χ2v) is 8.22. The van der Waals surface area contributed by atoms with Crippen LogP contribution in [0.25, 0.3) is 23.0 Å². The van der Waals surface area contributed by atoms with E-state index in [1.807, 2.05) is 96.4 Å². The molecule has 6 heteroatoms. The van der Waals surface area contributed by atoms with Gasteiger partial charge in [-0.1, -0.05) is 62.4 Å². The van der Waals surface area contributed by atoms with Crippen LogP contribution < -0.4 is 0 Å². The first-order valence-electron chi connectivity index (χ1n) is 11.0. The fourth-order valence-corrected chi connectivity index (χ4v) is 3.82. The lowest BCUT2D eigenvalue weighted by Crippen LogP contribution is -2.51. The molecule has 164 valence electrons. The summed E-state index contributed by atoms with van der Waals surface area (Å²) >= 11 is 0. The summed E-state index contributed by atoms with van der Waals surface area (Å²) in [6.45, 7) is 6.08. The van der Waals surface area contributed by atoms with E-state index in [1.54, 1.807) is 11.0 Å². The maximum Gasteiger partial charge on any atom is 0.246 e. The van der Waals surface area contributed by atoms with Gasteiger partial charge in [0.25, 0.3) is 0 Å². The van der Waals surface area contributed by atoms with Crippen LogP contribution in [-0.2, 0) is 9.59 Å². The standard InChI is InChI=1S/C26H28N4O2/c1-20(2)26(32)29-17-15-28(16-18-29)24(31)14-13-22-19-30(23-11-7-4-8-12-23)27-25(22)21-9-5-3-6-10-21/h3-14,19-20H,15-18H2,1-2H3/b14-13+. The van der Waals surface area contributed by atoms with Crippen LogP contribution in [0.2, 0.25) is 0 Å². The summed E-state index contributed by atoms with van der Waals surface area (Å²) in [5.74, 6) is 0.0799. The number of carbonyl (C=O) groups is 2. The van der Waals surface area contributed by atoms with E-state index in [0.29, 0.717) is 26.2 Å². The topological polar surface area (TPSA) is 58.4 Å². The first-order chi connectivity index (χ1) is 15.5. The number of piperazine rings is 1. The molecule has 0 unspecified atom stereocenters. The Kier molecular flexibility index (Phi) is 6.50. The minimum atomic E-state index is -0.0480. The van der Waals surface area contributed by atoms with E-state index in [4.69, 9.17) is 5.10 Å². The molecule has 1 aliphatic rings. The summed E-state index contributed by atoms with van der Waals surface area (Å²) in [4.78, 5) is 28.6. The Bertz CT molecular complexity index is 1100. The summed E-state index contributed by atoms with van der Waals surface area (Å²) in [6, 6.07) is 19.9. The Morgan fingerprint density at radius 1 is 0.875 bits per heavy atom. The largest absolute Gasteiger partial charge is 0.339 e. The SMILES string of the molecule is CC(C)C(=O)N1CCN(C(=O)/C=C/c2cn(-c3ccccc3)nc2-c2ccccc2)CC1. The van der Waals surface area contributed by atoms with Gasteiger partial charge in [0.2, 0.25) is 11.8 Å². The van der Waals surface area contributed by atoms with E-state index in [0.717, 1.165) is 22.5 Å². The van der Waals surface area contributed by atoms with Crippen molar-refractivity contribution in [2.75, 3.05) is 26.2 Å². The Morgan fingerprint density at radius 3 is 2.09 bits per heavy atom. The molecule has 1 aliphatic heterocycles. The Morgan fingerprint density at radius 2 is 1.47 bits per heavy atom. The number of aromatic nitrogens is 2. The zero-order valence-corrected chi connectivity index (χ0v) is 18.5. The number of hydrogen-bond donors (Lipinski definition) is 0. The van der Waals surface area contributed by atoms with Crippen molar-refractivity contribution in [1.82, 2.24) is 19.6 Å². The second kappa shape index (κ2) is 9.64. The van der Waals surface area contributed by atoms with E-state index in [-0.39, 0.29) is 17.7 Å². The van der Waals surface area contributed by atoms with Gasteiger partial charge in [-0.25, -0.2) is 4.68 Å². The van der Waals surface area contributed by atoms with E-state index < -0.39 is 0 Å². The van der Waals surface area contributed by atoms with Crippen molar-refractivity contribution in [3.8, 4) is 16.9 Å². The highest BCUT2D eigenvalue weighted by atomic mass is 16.2. The number of para-hydroxylation sites is 1. The highest BCUT2D eigenvalue weighted by molar-refractivity contribution is 5.93. The summed E-state index contributed by atoms with van der Waals surface area (Å²) in [5.41, 5.74) is 3.66. The lowest BCUT2D eigenvalue weighted by molar-refractivity contribution is -0.139. The molecule has 0 N–H and O–H groups in total. The molecule has 2 aromatic carbocycles. The first-order valence-corrected chi connectivity index (χ1v) is 11.0. The summed E-state index contributed by atoms with van der Waals surface area (Å²) < 4.78 is 1.84. The number of amides is 2. The smallest absolute Gasteiger partial charge is 0.246 e. The molecule has 2 amide bonds. The van der Waals surface area contributed by atoms with Gasteiger partial charge >= 0.3 is 0 Å². The Hall–Kier alpha value is -3.67. The quantitative estimate of drug-likeness (QED) is 0.580. The van der Waals surface area contributed by atoms with Crippen LogP contribution >= 0.6 is 0 Å². The van der Waals surface area contributed by atoms with Gasteiger partial charge < -0.3 is 9.80 Å². The fraction of sp³-hybridized carbons (Fsp3) is 0.269. The van der Waals surface area contributed by atoms with Crippen molar-refractivity contribution >= 4 is 17.9 Å². The molecule has 0 saturated carbocycles. The Balaban J connectivity index is 1.52. The molecule has 1 saturated heterocycles. The Labute approximate surface area is 188 Å². The predicted octanol–water partition coefficient (Wildman–Crippen LogP) is 3.88. The number of benzene rings is 2. The van der Waals surface area contributed by atoms with Crippen LogP contribution in [0.3, 0.4) is 0 Å². The highest BCUT2D eigenvalue weighted by Gasteiger charge is 2.24. The molecular weight excluding hydrogens is 400 g/mol. The molecule has 2 heterocycles. The number of nitrogens with zero attached hydrogens (tertiary/aromatic N) is 4. The van der Waals surface area contributed by atoms with Crippen LogP contribution in [0.4, 0.5) is 0 Å². The normalized spacial score (nSPS) is 14.3. The lowest BCUT2D eigenvalue weighted by Gasteiger charge is -2.35. The van der Waals surface area contributed by atoms with Crippen molar-refractivity contribution in [1.29, 1.82) is 0 Å². The zero-order chi connectivity index (χ0) is 22.5. The third kappa shape index (κ3) is 4.80. The number of hydrogen-bond acceptors (Lipinski definition) is 3. The summed E-state index contributed by atoms with van der Waals surface area (Å²) in [7, 11) is 0. The summed E-state index contributed by atoms with van der Waals surface area (Å²) in [5, 5.41) is 4.78. The van der Waals surface area contributed by atoms with Gasteiger partial charge in [0.1, 0.15) is 0 Å². The first kappa shape index (κ1) is 21.6. The average Bonchev–Trinajstić information content (AvgIpc) is 3.27. The molecule has 1 fully saturated rings. The molecular formula is C26H28N4O2. The molecule has 0 spiro atoms. The van der Waals surface area contributed by atoms with Gasteiger partial charge in [-0.2, -0.15) is 5.10 Å². The van der Waals surface area contributed by atoms with Gasteiger partial charge in [-0.05, 0) is 18.2 Å². The molecule has 4 rings (SSSR count). The van der Waals surface area contributed by atoms with E-state index >= 15 is 0 Å². The van der Waals surface area contributed by atoms with Crippen LogP contribution in [-0.4, -0.2) is 57.6 Å². The third-order valence-electron chi connectivity index (χ3n) is 5.61. The predicted molar refractivity (Wildman–Crippen MR) is 126 cm³/mol. The summed E-state index contributed by atoms with van der Waals surface area (Å²) in [6.07, 6.45) is 5.39. The van der Waals surface area contributed by atoms with Crippen molar-refractivity contribution in [2.24, 2.45) is 5.92 Å². The monoisotopic (exact) mass is 428 g/mol. The molecule has 1 aromatic heterocycles. The van der Waals surface area contributed by atoms with Gasteiger partial charge in [0.15, 0.2) is 0 Å². The van der Waals surface area contributed by atoms with Crippen LogP contribution in [0, 0.1) is 5.92 Å². The molecule has 0 aliphatic carbocycles. The molecule has 6 nitrogen and oxygen atoms in total. The minimum Gasteiger partial charge on any atom is -0.339 e. The molecule has 32 heavy (non-hydrogen) atoms. The van der Waals surface area contributed by atoms with Gasteiger partial charge in [0, 0.05) is 55.5 Å². The fourth-order valence-electron chi connectivity index (χ4n) is 3.82. The van der Waals surface area contributed by atoms with E-state index in [9.17, 15) is 9.59 Å². The maximum atomic E-state index is 12.8. The lowest BCUT2D eigenvalue weighted by atomic mass is 10.1. The van der Waals surface area contributed by atoms with Gasteiger partial charge in [-0.15, -0.1) is 0 Å². The van der Waals surface area contributed by atoms with Crippen molar-refractivity contribution in [2.45, 2.75) is 13.8 Å². The van der Waals surface area contributed by atoms with Crippen molar-refractivity contribution in [3.05, 3.63) is 78.5 Å². The zero-order valence-electron chi connectivity index (χ0n) is 18.5. The van der Waals surface area contributed by atoms with Crippen LogP contribution in [0.15, 0.2) is 72.9 Å². The van der Waals surface area contributed by atoms with Crippen molar-refractivity contribution in [3.63, 3.8) is 0 Å². The molecule has 0 bridgehead atoms. The molecule has 0 atom stereocenters. The van der Waals surface area contributed by atoms with Gasteiger partial charge in [-0.3, -0.25) is 9.59 Å². The van der Waals surface area contributed by atoms with Crippen molar-refractivity contribution < 1.29 is 9.59 Å². The minimum absolute atomic E-state index is 0.0188. The molecule has 0 radical (unpaired) electrons. The number of carbonyl (C=O) groups excluding carboxylic acids is 2. The van der Waals surface area contributed by atoms with E-state index in [2.05, 4.69) is 0 Å².